The van der Waals surface area contributed by atoms with Crippen LogP contribution in [-0.2, 0) is 35.0 Å². The molecule has 1 saturated heterocycles. The van der Waals surface area contributed by atoms with E-state index in [0.717, 1.165) is 42.5 Å². The topological polar surface area (TPSA) is 54.1 Å². The van der Waals surface area contributed by atoms with Gasteiger partial charge >= 0.3 is 7.12 Å². The smallest absolute Gasteiger partial charge is 0.399 e. The van der Waals surface area contributed by atoms with E-state index >= 15 is 0 Å². The fourth-order valence-electron chi connectivity index (χ4n) is 5.25. The van der Waals surface area contributed by atoms with E-state index in [2.05, 4.69) is 105 Å². The lowest BCUT2D eigenvalue weighted by Crippen LogP contribution is -2.41. The van der Waals surface area contributed by atoms with Crippen molar-refractivity contribution in [3.05, 3.63) is 126 Å². The Kier molecular flexibility index (Phi) is 7.41. The first-order valence-electron chi connectivity index (χ1n) is 14.4. The Hall–Kier alpha value is -3.94. The predicted molar refractivity (Wildman–Crippen MR) is 164 cm³/mol. The second-order valence-electron chi connectivity index (χ2n) is 11.9. The van der Waals surface area contributed by atoms with Gasteiger partial charge in [-0.2, -0.15) is 10.2 Å². The summed E-state index contributed by atoms with van der Waals surface area (Å²) in [5.74, 6) is 0. The summed E-state index contributed by atoms with van der Waals surface area (Å²) in [6.45, 7) is 8.43. The lowest BCUT2D eigenvalue weighted by atomic mass is 9.76. The molecule has 0 amide bonds. The fourth-order valence-corrected chi connectivity index (χ4v) is 5.25. The molecular formula is C34H37BN4O2. The highest BCUT2D eigenvalue weighted by atomic mass is 16.7. The zero-order chi connectivity index (χ0) is 28.5. The van der Waals surface area contributed by atoms with Crippen LogP contribution in [0.2, 0.25) is 0 Å². The van der Waals surface area contributed by atoms with Gasteiger partial charge in [0.15, 0.2) is 0 Å². The summed E-state index contributed by atoms with van der Waals surface area (Å²) in [6, 6.07) is 28.1. The molecule has 0 radical (unpaired) electrons. The summed E-state index contributed by atoms with van der Waals surface area (Å²) in [7, 11) is -0.375. The van der Waals surface area contributed by atoms with Crippen LogP contribution in [0.25, 0.3) is 11.4 Å². The van der Waals surface area contributed by atoms with Gasteiger partial charge < -0.3 is 9.31 Å². The molecule has 1 aliphatic heterocycles. The van der Waals surface area contributed by atoms with E-state index in [1.165, 1.54) is 22.3 Å². The molecule has 5 aromatic rings. The number of aryl methyl sites for hydroxylation is 4. The highest BCUT2D eigenvalue weighted by molar-refractivity contribution is 6.62. The maximum Gasteiger partial charge on any atom is 0.494 e. The minimum atomic E-state index is -0.375. The van der Waals surface area contributed by atoms with Crippen LogP contribution < -0.4 is 5.46 Å². The molecular weight excluding hydrogens is 507 g/mol. The number of hydrogen-bond donors (Lipinski definition) is 0. The highest BCUT2D eigenvalue weighted by Crippen LogP contribution is 2.36. The van der Waals surface area contributed by atoms with E-state index in [1.807, 2.05) is 33.9 Å². The summed E-state index contributed by atoms with van der Waals surface area (Å²) in [5.41, 5.74) is 7.71. The molecule has 41 heavy (non-hydrogen) atoms. The van der Waals surface area contributed by atoms with Gasteiger partial charge in [-0.05, 0) is 117 Å². The van der Waals surface area contributed by atoms with Crippen LogP contribution >= 0.6 is 0 Å². The second-order valence-corrected chi connectivity index (χ2v) is 11.9. The first kappa shape index (κ1) is 27.2. The van der Waals surface area contributed by atoms with E-state index in [4.69, 9.17) is 9.31 Å². The van der Waals surface area contributed by atoms with Gasteiger partial charge in [-0.15, -0.1) is 0 Å². The van der Waals surface area contributed by atoms with E-state index in [1.54, 1.807) is 12.4 Å². The van der Waals surface area contributed by atoms with Crippen molar-refractivity contribution in [2.24, 2.45) is 0 Å². The average molecular weight is 545 g/mol. The molecule has 0 spiro atoms. The maximum atomic E-state index is 6.44. The number of nitrogens with zero attached hydrogens (tertiary/aromatic N) is 4. The van der Waals surface area contributed by atoms with Crippen LogP contribution in [-0.4, -0.2) is 37.9 Å². The molecule has 0 N–H and O–H groups in total. The number of benzene rings is 3. The SMILES string of the molecule is CC1(C)OB(c2cc(CCc3ccc(-n4cccn4)cc3)cc(CCc3ccc(-n4cccn4)cc3)c2)OC1(C)C. The number of aromatic nitrogens is 4. The molecule has 1 aliphatic rings. The summed E-state index contributed by atoms with van der Waals surface area (Å²) in [4.78, 5) is 0. The van der Waals surface area contributed by atoms with Crippen molar-refractivity contribution >= 4 is 12.6 Å². The van der Waals surface area contributed by atoms with Crippen LogP contribution in [0, 0.1) is 0 Å². The lowest BCUT2D eigenvalue weighted by Gasteiger charge is -2.32. The molecule has 6 rings (SSSR count). The Bertz CT molecular complexity index is 1460. The van der Waals surface area contributed by atoms with Crippen LogP contribution in [0.4, 0.5) is 0 Å². The number of rotatable bonds is 9. The summed E-state index contributed by atoms with van der Waals surface area (Å²) >= 11 is 0. The maximum absolute atomic E-state index is 6.44. The quantitative estimate of drug-likeness (QED) is 0.216. The van der Waals surface area contributed by atoms with Gasteiger partial charge in [0.25, 0.3) is 0 Å². The third-order valence-electron chi connectivity index (χ3n) is 8.42. The minimum absolute atomic E-state index is 0.375. The lowest BCUT2D eigenvalue weighted by molar-refractivity contribution is 0.00578. The molecule has 0 saturated carbocycles. The third-order valence-corrected chi connectivity index (χ3v) is 8.42. The van der Waals surface area contributed by atoms with Crippen LogP contribution in [0.5, 0.6) is 0 Å². The fraction of sp³-hybridized carbons (Fsp3) is 0.294. The Morgan fingerprint density at radius 2 is 1.00 bits per heavy atom. The Morgan fingerprint density at radius 1 is 0.585 bits per heavy atom. The Labute approximate surface area is 243 Å². The molecule has 0 aliphatic carbocycles. The van der Waals surface area contributed by atoms with Crippen LogP contribution in [0.15, 0.2) is 104 Å². The van der Waals surface area contributed by atoms with E-state index in [0.29, 0.717) is 0 Å². The van der Waals surface area contributed by atoms with Crippen LogP contribution in [0.3, 0.4) is 0 Å². The largest absolute Gasteiger partial charge is 0.494 e. The Balaban J connectivity index is 1.19. The zero-order valence-corrected chi connectivity index (χ0v) is 24.3. The molecule has 7 heteroatoms. The molecule has 0 bridgehead atoms. The minimum Gasteiger partial charge on any atom is -0.399 e. The van der Waals surface area contributed by atoms with Crippen LogP contribution in [0.1, 0.15) is 49.9 Å². The normalized spacial score (nSPS) is 15.9. The van der Waals surface area contributed by atoms with Gasteiger partial charge in [-0.1, -0.05) is 42.5 Å². The average Bonchev–Trinajstić information content (AvgIpc) is 3.73. The summed E-state index contributed by atoms with van der Waals surface area (Å²) in [5, 5.41) is 8.66. The Morgan fingerprint density at radius 3 is 1.39 bits per heavy atom. The molecule has 6 nitrogen and oxygen atoms in total. The van der Waals surface area contributed by atoms with Crippen molar-refractivity contribution < 1.29 is 9.31 Å². The molecule has 3 heterocycles. The summed E-state index contributed by atoms with van der Waals surface area (Å²) in [6.07, 6.45) is 11.3. The number of hydrogen-bond acceptors (Lipinski definition) is 4. The van der Waals surface area contributed by atoms with Gasteiger partial charge in [0, 0.05) is 24.8 Å². The van der Waals surface area contributed by atoms with Crippen molar-refractivity contribution in [2.45, 2.75) is 64.6 Å². The standard InChI is InChI=1S/C34H37BN4O2/c1-33(2)34(3,4)41-35(40-33)30-24-28(9-7-26-11-15-31(16-12-26)38-21-5-19-36-38)23-29(25-30)10-8-27-13-17-32(18-14-27)39-22-6-20-37-39/h5-6,11-25H,7-10H2,1-4H3. The van der Waals surface area contributed by atoms with Crippen molar-refractivity contribution in [1.82, 2.24) is 19.6 Å². The van der Waals surface area contributed by atoms with E-state index in [9.17, 15) is 0 Å². The molecule has 0 atom stereocenters. The third kappa shape index (κ3) is 6.07. The van der Waals surface area contributed by atoms with Crippen molar-refractivity contribution in [2.75, 3.05) is 0 Å². The molecule has 2 aromatic heterocycles. The van der Waals surface area contributed by atoms with Gasteiger partial charge in [-0.25, -0.2) is 9.36 Å². The molecule has 3 aromatic carbocycles. The van der Waals surface area contributed by atoms with Crippen molar-refractivity contribution in [3.63, 3.8) is 0 Å². The first-order chi connectivity index (χ1) is 19.8. The van der Waals surface area contributed by atoms with Gasteiger partial charge in [-0.3, -0.25) is 0 Å². The first-order valence-corrected chi connectivity index (χ1v) is 14.4. The van der Waals surface area contributed by atoms with Crippen molar-refractivity contribution in [3.8, 4) is 11.4 Å². The van der Waals surface area contributed by atoms with E-state index < -0.39 is 0 Å². The van der Waals surface area contributed by atoms with E-state index in [-0.39, 0.29) is 18.3 Å². The van der Waals surface area contributed by atoms with Gasteiger partial charge in [0.05, 0.1) is 22.6 Å². The zero-order valence-electron chi connectivity index (χ0n) is 24.3. The molecule has 208 valence electrons. The van der Waals surface area contributed by atoms with Gasteiger partial charge in [0.1, 0.15) is 0 Å². The van der Waals surface area contributed by atoms with Gasteiger partial charge in [0.2, 0.25) is 0 Å². The summed E-state index contributed by atoms with van der Waals surface area (Å²) < 4.78 is 16.7. The molecule has 1 fully saturated rings. The van der Waals surface area contributed by atoms with Crippen molar-refractivity contribution in [1.29, 1.82) is 0 Å². The second kappa shape index (κ2) is 11.1. The highest BCUT2D eigenvalue weighted by Gasteiger charge is 2.51. The monoisotopic (exact) mass is 544 g/mol. The molecule has 0 unspecified atom stereocenters. The predicted octanol–water partition coefficient (Wildman–Crippen LogP) is 5.93.